The van der Waals surface area contributed by atoms with Crippen molar-refractivity contribution in [1.29, 1.82) is 0 Å². The summed E-state index contributed by atoms with van der Waals surface area (Å²) in [5.41, 5.74) is 4.05. The maximum Gasteiger partial charge on any atom is 0.0341 e. The summed E-state index contributed by atoms with van der Waals surface area (Å²) < 4.78 is 0. The highest BCUT2D eigenvalue weighted by molar-refractivity contribution is 5.47. The van der Waals surface area contributed by atoms with Gasteiger partial charge in [0.1, 0.15) is 0 Å². The molecule has 1 heterocycles. The highest BCUT2D eigenvalue weighted by atomic mass is 15.2. The molecule has 0 radical (unpaired) electrons. The molecule has 0 spiro atoms. The average molecular weight is 233 g/mol. The van der Waals surface area contributed by atoms with Gasteiger partial charge >= 0.3 is 0 Å². The minimum atomic E-state index is 1.08. The molecule has 0 unspecified atom stereocenters. The van der Waals surface area contributed by atoms with Crippen molar-refractivity contribution < 1.29 is 0 Å². The van der Waals surface area contributed by atoms with Gasteiger partial charge in [-0.1, -0.05) is 6.07 Å². The van der Waals surface area contributed by atoms with Gasteiger partial charge in [-0.3, -0.25) is 4.90 Å². The molecule has 0 amide bonds. The lowest BCUT2D eigenvalue weighted by molar-refractivity contribution is 0.148. The SMILES string of the molecule is CNc1ccc(C)c(CN2CCN(C)CC2)c1. The van der Waals surface area contributed by atoms with Gasteiger partial charge in [-0.05, 0) is 37.2 Å². The first-order valence-electron chi connectivity index (χ1n) is 6.37. The molecule has 1 saturated heterocycles. The van der Waals surface area contributed by atoms with Crippen LogP contribution < -0.4 is 5.32 Å². The fraction of sp³-hybridized carbons (Fsp3) is 0.571. The lowest BCUT2D eigenvalue weighted by atomic mass is 10.1. The van der Waals surface area contributed by atoms with E-state index in [1.165, 1.54) is 43.0 Å². The van der Waals surface area contributed by atoms with Crippen LogP contribution >= 0.6 is 0 Å². The van der Waals surface area contributed by atoms with Gasteiger partial charge in [0, 0.05) is 45.5 Å². The third-order valence-electron chi connectivity index (χ3n) is 3.63. The van der Waals surface area contributed by atoms with Crippen molar-refractivity contribution in [2.75, 3.05) is 45.6 Å². The number of nitrogens with zero attached hydrogens (tertiary/aromatic N) is 2. The molecule has 1 aromatic rings. The van der Waals surface area contributed by atoms with E-state index in [9.17, 15) is 0 Å². The first-order valence-corrected chi connectivity index (χ1v) is 6.37. The van der Waals surface area contributed by atoms with Crippen molar-refractivity contribution in [3.63, 3.8) is 0 Å². The fourth-order valence-electron chi connectivity index (χ4n) is 2.24. The molecule has 1 fully saturated rings. The molecule has 0 saturated carbocycles. The van der Waals surface area contributed by atoms with Crippen molar-refractivity contribution >= 4 is 5.69 Å². The Labute approximate surface area is 104 Å². The van der Waals surface area contributed by atoms with Crippen LogP contribution in [-0.4, -0.2) is 50.1 Å². The number of anilines is 1. The quantitative estimate of drug-likeness (QED) is 0.858. The molecule has 0 atom stereocenters. The summed E-state index contributed by atoms with van der Waals surface area (Å²) in [6, 6.07) is 6.62. The topological polar surface area (TPSA) is 18.5 Å². The maximum absolute atomic E-state index is 3.21. The van der Waals surface area contributed by atoms with E-state index in [-0.39, 0.29) is 0 Å². The van der Waals surface area contributed by atoms with Crippen LogP contribution in [0.3, 0.4) is 0 Å². The van der Waals surface area contributed by atoms with E-state index in [1.807, 2.05) is 7.05 Å². The van der Waals surface area contributed by atoms with Crippen molar-refractivity contribution in [1.82, 2.24) is 9.80 Å². The van der Waals surface area contributed by atoms with Gasteiger partial charge in [0.15, 0.2) is 0 Å². The Morgan fingerprint density at radius 2 is 1.88 bits per heavy atom. The van der Waals surface area contributed by atoms with Gasteiger partial charge in [-0.15, -0.1) is 0 Å². The van der Waals surface area contributed by atoms with Gasteiger partial charge in [0.25, 0.3) is 0 Å². The number of likely N-dealkylation sites (N-methyl/N-ethyl adjacent to an activating group) is 1. The van der Waals surface area contributed by atoms with Crippen LogP contribution in [0.15, 0.2) is 18.2 Å². The van der Waals surface area contributed by atoms with Crippen LogP contribution in [0.4, 0.5) is 5.69 Å². The minimum Gasteiger partial charge on any atom is -0.388 e. The second kappa shape index (κ2) is 5.52. The Balaban J connectivity index is 2.02. The number of piperazine rings is 1. The van der Waals surface area contributed by atoms with Crippen LogP contribution in [0.2, 0.25) is 0 Å². The molecule has 3 nitrogen and oxygen atoms in total. The van der Waals surface area contributed by atoms with E-state index < -0.39 is 0 Å². The monoisotopic (exact) mass is 233 g/mol. The lowest BCUT2D eigenvalue weighted by Gasteiger charge is -2.32. The maximum atomic E-state index is 3.21. The van der Waals surface area contributed by atoms with Crippen LogP contribution in [0.1, 0.15) is 11.1 Å². The Morgan fingerprint density at radius 1 is 1.18 bits per heavy atom. The van der Waals surface area contributed by atoms with Gasteiger partial charge in [0.2, 0.25) is 0 Å². The molecule has 2 rings (SSSR count). The van der Waals surface area contributed by atoms with E-state index in [0.29, 0.717) is 0 Å². The number of benzene rings is 1. The molecular formula is C14H23N3. The Hall–Kier alpha value is -1.06. The van der Waals surface area contributed by atoms with Gasteiger partial charge in [-0.25, -0.2) is 0 Å². The summed E-state index contributed by atoms with van der Waals surface area (Å²) in [7, 11) is 4.18. The molecule has 1 aliphatic heterocycles. The summed E-state index contributed by atoms with van der Waals surface area (Å²) in [5.74, 6) is 0. The lowest BCUT2D eigenvalue weighted by Crippen LogP contribution is -2.43. The molecule has 3 heteroatoms. The zero-order chi connectivity index (χ0) is 12.3. The van der Waals surface area contributed by atoms with Crippen molar-refractivity contribution in [2.24, 2.45) is 0 Å². The van der Waals surface area contributed by atoms with Gasteiger partial charge in [-0.2, -0.15) is 0 Å². The van der Waals surface area contributed by atoms with Crippen LogP contribution in [0.5, 0.6) is 0 Å². The zero-order valence-corrected chi connectivity index (χ0v) is 11.2. The average Bonchev–Trinajstić information content (AvgIpc) is 2.35. The van der Waals surface area contributed by atoms with Crippen molar-refractivity contribution in [2.45, 2.75) is 13.5 Å². The van der Waals surface area contributed by atoms with E-state index in [2.05, 4.69) is 47.3 Å². The first-order chi connectivity index (χ1) is 8.19. The third kappa shape index (κ3) is 3.20. The summed E-state index contributed by atoms with van der Waals surface area (Å²) in [5, 5.41) is 3.21. The standard InChI is InChI=1S/C14H23N3/c1-12-4-5-14(15-2)10-13(12)11-17-8-6-16(3)7-9-17/h4-5,10,15H,6-9,11H2,1-3H3. The predicted molar refractivity (Wildman–Crippen MR) is 73.5 cm³/mol. The van der Waals surface area contributed by atoms with E-state index in [0.717, 1.165) is 6.54 Å². The summed E-state index contributed by atoms with van der Waals surface area (Å²) in [4.78, 5) is 4.94. The molecule has 1 N–H and O–H groups in total. The minimum absolute atomic E-state index is 1.08. The number of rotatable bonds is 3. The predicted octanol–water partition coefficient (Wildman–Crippen LogP) is 1.78. The third-order valence-corrected chi connectivity index (χ3v) is 3.63. The first kappa shape index (κ1) is 12.4. The second-order valence-electron chi connectivity index (χ2n) is 4.97. The van der Waals surface area contributed by atoms with E-state index in [1.54, 1.807) is 0 Å². The Morgan fingerprint density at radius 3 is 2.53 bits per heavy atom. The number of aryl methyl sites for hydroxylation is 1. The molecule has 0 aromatic heterocycles. The molecule has 0 aliphatic carbocycles. The second-order valence-corrected chi connectivity index (χ2v) is 4.97. The summed E-state index contributed by atoms with van der Waals surface area (Å²) in [6.07, 6.45) is 0. The summed E-state index contributed by atoms with van der Waals surface area (Å²) >= 11 is 0. The highest BCUT2D eigenvalue weighted by Crippen LogP contribution is 2.17. The van der Waals surface area contributed by atoms with Crippen molar-refractivity contribution in [3.05, 3.63) is 29.3 Å². The van der Waals surface area contributed by atoms with Crippen LogP contribution in [0, 0.1) is 6.92 Å². The Kier molecular flexibility index (Phi) is 4.02. The zero-order valence-electron chi connectivity index (χ0n) is 11.2. The number of nitrogens with one attached hydrogen (secondary N) is 1. The van der Waals surface area contributed by atoms with Gasteiger partial charge in [0.05, 0.1) is 0 Å². The van der Waals surface area contributed by atoms with E-state index >= 15 is 0 Å². The fourth-order valence-corrected chi connectivity index (χ4v) is 2.24. The van der Waals surface area contributed by atoms with Crippen LogP contribution in [-0.2, 0) is 6.54 Å². The van der Waals surface area contributed by atoms with Crippen LogP contribution in [0.25, 0.3) is 0 Å². The van der Waals surface area contributed by atoms with Crippen molar-refractivity contribution in [3.8, 4) is 0 Å². The molecule has 1 aromatic carbocycles. The molecular weight excluding hydrogens is 210 g/mol. The van der Waals surface area contributed by atoms with E-state index in [4.69, 9.17) is 0 Å². The smallest absolute Gasteiger partial charge is 0.0341 e. The molecule has 17 heavy (non-hydrogen) atoms. The molecule has 94 valence electrons. The van der Waals surface area contributed by atoms with Gasteiger partial charge < -0.3 is 10.2 Å². The number of hydrogen-bond donors (Lipinski definition) is 1. The normalized spacial score (nSPS) is 18.3. The largest absolute Gasteiger partial charge is 0.388 e. The molecule has 1 aliphatic rings. The Bertz CT molecular complexity index is 368. The summed E-state index contributed by atoms with van der Waals surface area (Å²) in [6.45, 7) is 8.01. The highest BCUT2D eigenvalue weighted by Gasteiger charge is 2.14. The number of hydrogen-bond acceptors (Lipinski definition) is 3. The molecule has 0 bridgehead atoms.